The highest BCUT2D eigenvalue weighted by Gasteiger charge is 2.12. The van der Waals surface area contributed by atoms with Gasteiger partial charge in [0.15, 0.2) is 0 Å². The number of aromatic amines is 1. The maximum Gasteiger partial charge on any atom is 0.278 e. The number of hydrogen-bond donors (Lipinski definition) is 1. The van der Waals surface area contributed by atoms with Crippen molar-refractivity contribution in [1.29, 1.82) is 0 Å². The first-order chi connectivity index (χ1) is 6.06. The fourth-order valence-electron chi connectivity index (χ4n) is 0.952. The Labute approximate surface area is 73.4 Å². The van der Waals surface area contributed by atoms with Gasteiger partial charge in [-0.15, -0.1) is 0 Å². The summed E-state index contributed by atoms with van der Waals surface area (Å²) >= 11 is 0. The van der Waals surface area contributed by atoms with Crippen LogP contribution in [-0.2, 0) is 0 Å². The SMILES string of the molecule is COc1cc(C(F)F)[nH]c(=O)c1C. The van der Waals surface area contributed by atoms with E-state index in [1.807, 2.05) is 0 Å². The van der Waals surface area contributed by atoms with Crippen molar-refractivity contribution in [1.82, 2.24) is 4.98 Å². The number of rotatable bonds is 2. The monoisotopic (exact) mass is 189 g/mol. The zero-order chi connectivity index (χ0) is 10.0. The molecule has 0 aliphatic rings. The Kier molecular flexibility index (Phi) is 2.65. The Morgan fingerprint density at radius 1 is 1.54 bits per heavy atom. The van der Waals surface area contributed by atoms with Crippen LogP contribution in [0.5, 0.6) is 5.75 Å². The minimum absolute atomic E-state index is 0.180. The normalized spacial score (nSPS) is 10.5. The van der Waals surface area contributed by atoms with Crippen molar-refractivity contribution >= 4 is 0 Å². The van der Waals surface area contributed by atoms with Crippen LogP contribution in [0.2, 0.25) is 0 Å². The zero-order valence-electron chi connectivity index (χ0n) is 7.23. The van der Waals surface area contributed by atoms with Crippen molar-refractivity contribution in [3.63, 3.8) is 0 Å². The number of H-pyrrole nitrogens is 1. The summed E-state index contributed by atoms with van der Waals surface area (Å²) < 4.78 is 29.1. The second kappa shape index (κ2) is 3.55. The van der Waals surface area contributed by atoms with Gasteiger partial charge in [-0.05, 0) is 6.92 Å². The molecule has 1 aromatic rings. The number of halogens is 2. The third-order valence-corrected chi connectivity index (χ3v) is 1.71. The minimum atomic E-state index is -2.69. The summed E-state index contributed by atoms with van der Waals surface area (Å²) in [5, 5.41) is 0. The summed E-state index contributed by atoms with van der Waals surface area (Å²) in [7, 11) is 1.33. The first kappa shape index (κ1) is 9.70. The molecule has 0 amide bonds. The molecular weight excluding hydrogens is 180 g/mol. The van der Waals surface area contributed by atoms with Gasteiger partial charge in [0.1, 0.15) is 5.75 Å². The van der Waals surface area contributed by atoms with E-state index in [2.05, 4.69) is 4.98 Å². The lowest BCUT2D eigenvalue weighted by Gasteiger charge is -2.05. The molecule has 0 fully saturated rings. The van der Waals surface area contributed by atoms with Gasteiger partial charge in [0.05, 0.1) is 18.4 Å². The Bertz CT molecular complexity index is 360. The van der Waals surface area contributed by atoms with E-state index in [1.165, 1.54) is 14.0 Å². The molecule has 0 radical (unpaired) electrons. The van der Waals surface area contributed by atoms with Crippen LogP contribution >= 0.6 is 0 Å². The fourth-order valence-corrected chi connectivity index (χ4v) is 0.952. The first-order valence-corrected chi connectivity index (χ1v) is 3.62. The van der Waals surface area contributed by atoms with E-state index in [-0.39, 0.29) is 5.75 Å². The lowest BCUT2D eigenvalue weighted by molar-refractivity contribution is 0.145. The Hall–Kier alpha value is -1.39. The van der Waals surface area contributed by atoms with Gasteiger partial charge in [0, 0.05) is 6.07 Å². The number of nitrogens with one attached hydrogen (secondary N) is 1. The number of hydrogen-bond acceptors (Lipinski definition) is 2. The summed E-state index contributed by atoms with van der Waals surface area (Å²) in [6, 6.07) is 1.13. The molecule has 1 N–H and O–H groups in total. The number of aromatic nitrogens is 1. The smallest absolute Gasteiger partial charge is 0.278 e. The molecule has 72 valence electrons. The van der Waals surface area contributed by atoms with Gasteiger partial charge in [-0.3, -0.25) is 4.79 Å². The second-order valence-corrected chi connectivity index (χ2v) is 2.55. The fraction of sp³-hybridized carbons (Fsp3) is 0.375. The second-order valence-electron chi connectivity index (χ2n) is 2.55. The average Bonchev–Trinajstić information content (AvgIpc) is 2.09. The van der Waals surface area contributed by atoms with Gasteiger partial charge in [0.2, 0.25) is 0 Å². The van der Waals surface area contributed by atoms with Crippen LogP contribution < -0.4 is 10.3 Å². The molecule has 0 saturated carbocycles. The third-order valence-electron chi connectivity index (χ3n) is 1.71. The Balaban J connectivity index is 3.31. The van der Waals surface area contributed by atoms with Gasteiger partial charge in [-0.25, -0.2) is 8.78 Å². The maximum absolute atomic E-state index is 12.2. The number of ether oxygens (including phenoxy) is 1. The van der Waals surface area contributed by atoms with Crippen LogP contribution in [0, 0.1) is 6.92 Å². The summed E-state index contributed by atoms with van der Waals surface area (Å²) in [5.74, 6) is 0.180. The predicted octanol–water partition coefficient (Wildman–Crippen LogP) is 1.63. The van der Waals surface area contributed by atoms with Crippen molar-refractivity contribution in [3.8, 4) is 5.75 Å². The average molecular weight is 189 g/mol. The topological polar surface area (TPSA) is 42.1 Å². The van der Waals surface area contributed by atoms with E-state index in [4.69, 9.17) is 4.74 Å². The zero-order valence-corrected chi connectivity index (χ0v) is 7.23. The molecule has 0 aromatic carbocycles. The van der Waals surface area contributed by atoms with Gasteiger partial charge in [0.25, 0.3) is 12.0 Å². The quantitative estimate of drug-likeness (QED) is 0.768. The molecule has 3 nitrogen and oxygen atoms in total. The number of methoxy groups -OCH3 is 1. The summed E-state index contributed by atoms with van der Waals surface area (Å²) in [4.78, 5) is 13.1. The lowest BCUT2D eigenvalue weighted by atomic mass is 10.2. The number of alkyl halides is 2. The predicted molar refractivity (Wildman–Crippen MR) is 43.3 cm³/mol. The summed E-state index contributed by atoms with van der Waals surface area (Å²) in [5.41, 5.74) is -0.672. The van der Waals surface area contributed by atoms with Crippen molar-refractivity contribution in [2.24, 2.45) is 0 Å². The van der Waals surface area contributed by atoms with E-state index in [9.17, 15) is 13.6 Å². The van der Waals surface area contributed by atoms with Gasteiger partial charge in [-0.1, -0.05) is 0 Å². The highest BCUT2D eigenvalue weighted by Crippen LogP contribution is 2.21. The van der Waals surface area contributed by atoms with Crippen LogP contribution in [0.4, 0.5) is 8.78 Å². The van der Waals surface area contributed by atoms with Crippen molar-refractivity contribution < 1.29 is 13.5 Å². The van der Waals surface area contributed by atoms with Crippen molar-refractivity contribution in [2.45, 2.75) is 13.3 Å². The third kappa shape index (κ3) is 1.85. The Morgan fingerprint density at radius 3 is 2.62 bits per heavy atom. The molecule has 0 atom stereocenters. The van der Waals surface area contributed by atoms with E-state index in [0.29, 0.717) is 5.56 Å². The van der Waals surface area contributed by atoms with Crippen molar-refractivity contribution in [3.05, 3.63) is 27.7 Å². The Morgan fingerprint density at radius 2 is 2.15 bits per heavy atom. The molecule has 0 aliphatic heterocycles. The highest BCUT2D eigenvalue weighted by atomic mass is 19.3. The first-order valence-electron chi connectivity index (χ1n) is 3.62. The molecule has 0 bridgehead atoms. The van der Waals surface area contributed by atoms with Gasteiger partial charge < -0.3 is 9.72 Å². The lowest BCUT2D eigenvalue weighted by Crippen LogP contribution is -2.13. The van der Waals surface area contributed by atoms with Crippen LogP contribution in [0.1, 0.15) is 17.7 Å². The van der Waals surface area contributed by atoms with E-state index >= 15 is 0 Å². The standard InChI is InChI=1S/C8H9F2NO2/c1-4-6(13-2)3-5(7(9)10)11-8(4)12/h3,7H,1-2H3,(H,11,12). The van der Waals surface area contributed by atoms with E-state index in [1.54, 1.807) is 0 Å². The van der Waals surface area contributed by atoms with Gasteiger partial charge >= 0.3 is 0 Å². The molecule has 0 unspecified atom stereocenters. The van der Waals surface area contributed by atoms with Crippen LogP contribution in [0.25, 0.3) is 0 Å². The largest absolute Gasteiger partial charge is 0.496 e. The van der Waals surface area contributed by atoms with Crippen LogP contribution in [0.15, 0.2) is 10.9 Å². The van der Waals surface area contributed by atoms with E-state index in [0.717, 1.165) is 6.07 Å². The molecule has 1 rings (SSSR count). The van der Waals surface area contributed by atoms with E-state index < -0.39 is 17.7 Å². The molecule has 1 heterocycles. The molecule has 0 saturated heterocycles. The summed E-state index contributed by atoms with van der Waals surface area (Å²) in [6.45, 7) is 1.51. The molecule has 0 spiro atoms. The molecule has 0 aliphatic carbocycles. The van der Waals surface area contributed by atoms with Gasteiger partial charge in [-0.2, -0.15) is 0 Å². The highest BCUT2D eigenvalue weighted by molar-refractivity contribution is 5.32. The van der Waals surface area contributed by atoms with Crippen LogP contribution in [0.3, 0.4) is 0 Å². The maximum atomic E-state index is 12.2. The van der Waals surface area contributed by atoms with Crippen LogP contribution in [-0.4, -0.2) is 12.1 Å². The molecule has 13 heavy (non-hydrogen) atoms. The summed E-state index contributed by atoms with van der Waals surface area (Å²) in [6.07, 6.45) is -2.69. The minimum Gasteiger partial charge on any atom is -0.496 e. The molecule has 5 heteroatoms. The molecule has 1 aromatic heterocycles. The number of pyridine rings is 1. The van der Waals surface area contributed by atoms with Crippen molar-refractivity contribution in [2.75, 3.05) is 7.11 Å². The molecular formula is C8H9F2NO2.